The van der Waals surface area contributed by atoms with Crippen LogP contribution in [0.15, 0.2) is 18.2 Å². The molecule has 0 aliphatic heterocycles. The van der Waals surface area contributed by atoms with Gasteiger partial charge in [-0.05, 0) is 25.3 Å². The van der Waals surface area contributed by atoms with Crippen LogP contribution >= 0.6 is 12.4 Å². The van der Waals surface area contributed by atoms with Crippen LogP contribution in [0.25, 0.3) is 0 Å². The van der Waals surface area contributed by atoms with Gasteiger partial charge in [0.25, 0.3) is 11.6 Å². The average molecular weight is 314 g/mol. The van der Waals surface area contributed by atoms with Gasteiger partial charge in [-0.3, -0.25) is 14.9 Å². The molecule has 0 aromatic heterocycles. The summed E-state index contributed by atoms with van der Waals surface area (Å²) in [6.07, 6.45) is 3.82. The number of nitrogens with one attached hydrogen (secondary N) is 1. The lowest BCUT2D eigenvalue weighted by Gasteiger charge is -2.29. The van der Waals surface area contributed by atoms with Gasteiger partial charge in [-0.15, -0.1) is 12.4 Å². The van der Waals surface area contributed by atoms with E-state index in [9.17, 15) is 14.9 Å². The van der Waals surface area contributed by atoms with Crippen molar-refractivity contribution in [2.75, 3.05) is 6.54 Å². The van der Waals surface area contributed by atoms with Gasteiger partial charge in [0.15, 0.2) is 0 Å². The van der Waals surface area contributed by atoms with Gasteiger partial charge in [0.2, 0.25) is 0 Å². The summed E-state index contributed by atoms with van der Waals surface area (Å²) >= 11 is 0. The van der Waals surface area contributed by atoms with E-state index in [1.807, 2.05) is 0 Å². The van der Waals surface area contributed by atoms with Crippen molar-refractivity contribution >= 4 is 24.0 Å². The minimum Gasteiger partial charge on any atom is -0.345 e. The topological polar surface area (TPSA) is 98.3 Å². The highest BCUT2D eigenvalue weighted by Crippen LogP contribution is 2.29. The minimum absolute atomic E-state index is 0. The van der Waals surface area contributed by atoms with Crippen LogP contribution in [0.5, 0.6) is 0 Å². The van der Waals surface area contributed by atoms with Crippen molar-refractivity contribution in [3.8, 4) is 0 Å². The SMILES string of the molecule is Cc1ccc([N+](=O)[O-])cc1C(=O)NC1(CN)CCCC1.Cl. The second kappa shape index (κ2) is 6.87. The summed E-state index contributed by atoms with van der Waals surface area (Å²) in [6.45, 7) is 2.16. The number of carbonyl (C=O) groups is 1. The number of rotatable bonds is 4. The molecule has 0 atom stereocenters. The molecule has 1 saturated carbocycles. The first-order valence-electron chi connectivity index (χ1n) is 6.75. The number of hydrogen-bond donors (Lipinski definition) is 2. The lowest BCUT2D eigenvalue weighted by molar-refractivity contribution is -0.384. The van der Waals surface area contributed by atoms with Gasteiger partial charge in [0.05, 0.1) is 10.5 Å². The van der Waals surface area contributed by atoms with E-state index in [0.29, 0.717) is 12.1 Å². The van der Waals surface area contributed by atoms with E-state index in [-0.39, 0.29) is 29.5 Å². The number of nitrogens with zero attached hydrogens (tertiary/aromatic N) is 1. The van der Waals surface area contributed by atoms with Gasteiger partial charge >= 0.3 is 0 Å². The van der Waals surface area contributed by atoms with Crippen molar-refractivity contribution in [3.63, 3.8) is 0 Å². The Labute approximate surface area is 129 Å². The molecule has 6 nitrogen and oxygen atoms in total. The molecule has 7 heteroatoms. The molecule has 0 saturated heterocycles. The number of aryl methyl sites for hydroxylation is 1. The zero-order chi connectivity index (χ0) is 14.8. The van der Waals surface area contributed by atoms with Gasteiger partial charge in [0.1, 0.15) is 0 Å². The molecule has 0 radical (unpaired) electrons. The molecule has 1 aliphatic carbocycles. The Morgan fingerprint density at radius 2 is 2.05 bits per heavy atom. The smallest absolute Gasteiger partial charge is 0.270 e. The maximum Gasteiger partial charge on any atom is 0.270 e. The van der Waals surface area contributed by atoms with Crippen molar-refractivity contribution in [1.82, 2.24) is 5.32 Å². The van der Waals surface area contributed by atoms with Gasteiger partial charge in [-0.25, -0.2) is 0 Å². The second-order valence-corrected chi connectivity index (χ2v) is 5.40. The largest absolute Gasteiger partial charge is 0.345 e. The molecule has 1 aliphatic rings. The molecule has 1 fully saturated rings. The fraction of sp³-hybridized carbons (Fsp3) is 0.500. The zero-order valence-electron chi connectivity index (χ0n) is 11.9. The van der Waals surface area contributed by atoms with Gasteiger partial charge in [-0.2, -0.15) is 0 Å². The van der Waals surface area contributed by atoms with Crippen LogP contribution in [0.1, 0.15) is 41.6 Å². The van der Waals surface area contributed by atoms with Crippen LogP contribution in [0, 0.1) is 17.0 Å². The Balaban J connectivity index is 0.00000220. The van der Waals surface area contributed by atoms with Crippen molar-refractivity contribution in [3.05, 3.63) is 39.4 Å². The normalized spacial score (nSPS) is 16.1. The highest BCUT2D eigenvalue weighted by molar-refractivity contribution is 5.96. The third-order valence-electron chi connectivity index (χ3n) is 4.01. The highest BCUT2D eigenvalue weighted by Gasteiger charge is 2.34. The maximum absolute atomic E-state index is 12.4. The van der Waals surface area contributed by atoms with Crippen LogP contribution < -0.4 is 11.1 Å². The van der Waals surface area contributed by atoms with Crippen molar-refractivity contribution < 1.29 is 9.72 Å². The van der Waals surface area contributed by atoms with Gasteiger partial charge in [0, 0.05) is 24.2 Å². The predicted octanol–water partition coefficient (Wildman–Crippen LogP) is 2.33. The molecule has 1 aromatic rings. The number of non-ortho nitro benzene ring substituents is 1. The zero-order valence-corrected chi connectivity index (χ0v) is 12.7. The lowest BCUT2D eigenvalue weighted by Crippen LogP contribution is -2.51. The van der Waals surface area contributed by atoms with Crippen molar-refractivity contribution in [1.29, 1.82) is 0 Å². The minimum atomic E-state index is -0.496. The molecule has 21 heavy (non-hydrogen) atoms. The number of halogens is 1. The molecule has 3 N–H and O–H groups in total. The number of hydrogen-bond acceptors (Lipinski definition) is 4. The molecule has 0 unspecified atom stereocenters. The fourth-order valence-electron chi connectivity index (χ4n) is 2.71. The van der Waals surface area contributed by atoms with E-state index in [4.69, 9.17) is 5.73 Å². The molecule has 116 valence electrons. The molecule has 0 heterocycles. The number of nitro benzene ring substituents is 1. The number of carbonyl (C=O) groups excluding carboxylic acids is 1. The van der Waals surface area contributed by atoms with Gasteiger partial charge < -0.3 is 11.1 Å². The molecule has 0 spiro atoms. The van der Waals surface area contributed by atoms with E-state index in [0.717, 1.165) is 31.2 Å². The first kappa shape index (κ1) is 17.4. The van der Waals surface area contributed by atoms with E-state index >= 15 is 0 Å². The Bertz CT molecular complexity index is 542. The van der Waals surface area contributed by atoms with Crippen LogP contribution in [-0.2, 0) is 0 Å². The van der Waals surface area contributed by atoms with Crippen LogP contribution in [0.2, 0.25) is 0 Å². The summed E-state index contributed by atoms with van der Waals surface area (Å²) in [7, 11) is 0. The summed E-state index contributed by atoms with van der Waals surface area (Å²) in [6, 6.07) is 4.32. The molecule has 1 aromatic carbocycles. The van der Waals surface area contributed by atoms with E-state index < -0.39 is 4.92 Å². The number of benzene rings is 1. The van der Waals surface area contributed by atoms with Gasteiger partial charge in [-0.1, -0.05) is 18.9 Å². The van der Waals surface area contributed by atoms with Crippen LogP contribution in [0.4, 0.5) is 5.69 Å². The van der Waals surface area contributed by atoms with Crippen LogP contribution in [0.3, 0.4) is 0 Å². The summed E-state index contributed by atoms with van der Waals surface area (Å²) in [4.78, 5) is 22.7. The molecule has 0 bridgehead atoms. The third-order valence-corrected chi connectivity index (χ3v) is 4.01. The fourth-order valence-corrected chi connectivity index (χ4v) is 2.71. The quantitative estimate of drug-likeness (QED) is 0.658. The number of amides is 1. The van der Waals surface area contributed by atoms with Crippen LogP contribution in [-0.4, -0.2) is 22.9 Å². The molecular formula is C14H20ClN3O3. The van der Waals surface area contributed by atoms with E-state index in [1.54, 1.807) is 13.0 Å². The lowest BCUT2D eigenvalue weighted by atomic mass is 9.96. The molecule has 1 amide bonds. The third kappa shape index (κ3) is 3.71. The highest BCUT2D eigenvalue weighted by atomic mass is 35.5. The first-order chi connectivity index (χ1) is 9.47. The Morgan fingerprint density at radius 1 is 1.43 bits per heavy atom. The summed E-state index contributed by atoms with van der Waals surface area (Å²) in [5.74, 6) is -0.279. The van der Waals surface area contributed by atoms with E-state index in [1.165, 1.54) is 12.1 Å². The Morgan fingerprint density at radius 3 is 2.57 bits per heavy atom. The maximum atomic E-state index is 12.4. The summed E-state index contributed by atoms with van der Waals surface area (Å²) in [5.41, 5.74) is 6.43. The summed E-state index contributed by atoms with van der Waals surface area (Å²) in [5, 5.41) is 13.8. The average Bonchev–Trinajstić information content (AvgIpc) is 2.88. The van der Waals surface area contributed by atoms with Crippen molar-refractivity contribution in [2.45, 2.75) is 38.1 Å². The monoisotopic (exact) mass is 313 g/mol. The predicted molar refractivity (Wildman–Crippen MR) is 82.8 cm³/mol. The molecular weight excluding hydrogens is 294 g/mol. The summed E-state index contributed by atoms with van der Waals surface area (Å²) < 4.78 is 0. The first-order valence-corrected chi connectivity index (χ1v) is 6.75. The Kier molecular flexibility index (Phi) is 5.69. The Hall–Kier alpha value is -1.66. The second-order valence-electron chi connectivity index (χ2n) is 5.40. The number of nitrogens with two attached hydrogens (primary N) is 1. The molecule has 2 rings (SSSR count). The number of nitro groups is 1. The van der Waals surface area contributed by atoms with Crippen molar-refractivity contribution in [2.24, 2.45) is 5.73 Å². The van der Waals surface area contributed by atoms with E-state index in [2.05, 4.69) is 5.32 Å². The standard InChI is InChI=1S/C14H19N3O3.ClH/c1-10-4-5-11(17(19)20)8-12(10)13(18)16-14(9-15)6-2-3-7-14;/h4-5,8H,2-3,6-7,9,15H2,1H3,(H,16,18);1H.